The van der Waals surface area contributed by atoms with Crippen molar-refractivity contribution in [2.45, 2.75) is 24.8 Å². The fourth-order valence-electron chi connectivity index (χ4n) is 1.41. The molecule has 0 aliphatic carbocycles. The molecule has 0 aliphatic rings. The van der Waals surface area contributed by atoms with Crippen LogP contribution in [-0.4, -0.2) is 40.2 Å². The summed E-state index contributed by atoms with van der Waals surface area (Å²) in [6.07, 6.45) is -0.903. The van der Waals surface area contributed by atoms with Gasteiger partial charge in [0.05, 0.1) is 18.1 Å². The second-order valence-electron chi connectivity index (χ2n) is 4.14. The molecule has 0 heterocycles. The second-order valence-corrected chi connectivity index (χ2v) is 6.26. The molecule has 1 aromatic carbocycles. The third kappa shape index (κ3) is 6.01. The maximum Gasteiger partial charge on any atom is 0.264 e. The van der Waals surface area contributed by atoms with Gasteiger partial charge in [0.2, 0.25) is 0 Å². The SMILES string of the molecule is CCOCCOC(C)C(=O)NS(=O)(=O)c1cccc(Cl)c1. The van der Waals surface area contributed by atoms with Gasteiger partial charge in [0.15, 0.2) is 0 Å². The number of carbonyl (C=O) groups is 1. The highest BCUT2D eigenvalue weighted by Gasteiger charge is 2.22. The molecule has 6 nitrogen and oxygen atoms in total. The largest absolute Gasteiger partial charge is 0.379 e. The highest BCUT2D eigenvalue weighted by molar-refractivity contribution is 7.90. The Hall–Kier alpha value is -1.15. The van der Waals surface area contributed by atoms with Crippen molar-refractivity contribution in [2.75, 3.05) is 19.8 Å². The van der Waals surface area contributed by atoms with Crippen molar-refractivity contribution >= 4 is 27.5 Å². The molecule has 0 saturated carbocycles. The molecule has 0 fully saturated rings. The van der Waals surface area contributed by atoms with E-state index in [1.165, 1.54) is 25.1 Å². The number of hydrogen-bond acceptors (Lipinski definition) is 5. The summed E-state index contributed by atoms with van der Waals surface area (Å²) < 4.78 is 36.2. The summed E-state index contributed by atoms with van der Waals surface area (Å²) in [5, 5.41) is 0.270. The van der Waals surface area contributed by atoms with Crippen LogP contribution in [0.1, 0.15) is 13.8 Å². The Bertz CT molecular complexity index is 576. The number of rotatable bonds is 8. The Kier molecular flexibility index (Phi) is 7.10. The van der Waals surface area contributed by atoms with E-state index in [0.717, 1.165) is 0 Å². The molecule has 1 amide bonds. The van der Waals surface area contributed by atoms with E-state index in [0.29, 0.717) is 13.2 Å². The molecule has 0 aromatic heterocycles. The van der Waals surface area contributed by atoms with Gasteiger partial charge >= 0.3 is 0 Å². The monoisotopic (exact) mass is 335 g/mol. The van der Waals surface area contributed by atoms with Gasteiger partial charge in [-0.2, -0.15) is 0 Å². The summed E-state index contributed by atoms with van der Waals surface area (Å²) in [5.41, 5.74) is 0. The number of halogens is 1. The van der Waals surface area contributed by atoms with Gasteiger partial charge in [-0.25, -0.2) is 13.1 Å². The van der Waals surface area contributed by atoms with Gasteiger partial charge in [-0.1, -0.05) is 17.7 Å². The van der Waals surface area contributed by atoms with Crippen molar-refractivity contribution in [3.63, 3.8) is 0 Å². The molecule has 0 bridgehead atoms. The van der Waals surface area contributed by atoms with E-state index in [1.807, 2.05) is 11.6 Å². The van der Waals surface area contributed by atoms with Gasteiger partial charge in [-0.3, -0.25) is 4.79 Å². The van der Waals surface area contributed by atoms with Crippen LogP contribution in [0.2, 0.25) is 5.02 Å². The number of hydrogen-bond donors (Lipinski definition) is 1. The normalized spacial score (nSPS) is 12.9. The van der Waals surface area contributed by atoms with Gasteiger partial charge in [-0.15, -0.1) is 0 Å². The highest BCUT2D eigenvalue weighted by atomic mass is 35.5. The van der Waals surface area contributed by atoms with Crippen LogP contribution in [0.25, 0.3) is 0 Å². The van der Waals surface area contributed by atoms with Gasteiger partial charge in [-0.05, 0) is 32.0 Å². The van der Waals surface area contributed by atoms with Gasteiger partial charge < -0.3 is 9.47 Å². The zero-order valence-corrected chi connectivity index (χ0v) is 13.4. The Morgan fingerprint density at radius 1 is 1.38 bits per heavy atom. The van der Waals surface area contributed by atoms with Crippen molar-refractivity contribution < 1.29 is 22.7 Å². The van der Waals surface area contributed by atoms with Gasteiger partial charge in [0.1, 0.15) is 6.10 Å². The zero-order chi connectivity index (χ0) is 15.9. The van der Waals surface area contributed by atoms with Crippen LogP contribution in [0.5, 0.6) is 0 Å². The lowest BCUT2D eigenvalue weighted by molar-refractivity contribution is -0.130. The third-order valence-electron chi connectivity index (χ3n) is 2.51. The predicted octanol–water partition coefficient (Wildman–Crippen LogP) is 1.59. The molecule has 1 atom stereocenters. The summed E-state index contributed by atoms with van der Waals surface area (Å²) in [7, 11) is -3.96. The van der Waals surface area contributed by atoms with Crippen molar-refractivity contribution in [3.05, 3.63) is 29.3 Å². The van der Waals surface area contributed by atoms with Crippen LogP contribution >= 0.6 is 11.6 Å². The summed E-state index contributed by atoms with van der Waals surface area (Å²) in [4.78, 5) is 11.7. The lowest BCUT2D eigenvalue weighted by Crippen LogP contribution is -2.39. The van der Waals surface area contributed by atoms with Gasteiger partial charge in [0, 0.05) is 11.6 Å². The Labute approximate surface area is 129 Å². The number of amides is 1. The van der Waals surface area contributed by atoms with Crippen LogP contribution in [0.15, 0.2) is 29.2 Å². The number of benzene rings is 1. The molecule has 21 heavy (non-hydrogen) atoms. The van der Waals surface area contributed by atoms with Crippen LogP contribution in [0.4, 0.5) is 0 Å². The standard InChI is InChI=1S/C13H18ClNO5S/c1-3-19-7-8-20-10(2)13(16)15-21(17,18)12-6-4-5-11(14)9-12/h4-6,9-10H,3,7-8H2,1-2H3,(H,15,16). The van der Waals surface area contributed by atoms with E-state index in [1.54, 1.807) is 6.07 Å². The zero-order valence-electron chi connectivity index (χ0n) is 11.8. The van der Waals surface area contributed by atoms with Crippen molar-refractivity contribution in [1.82, 2.24) is 4.72 Å². The number of ether oxygens (including phenoxy) is 2. The average Bonchev–Trinajstić information content (AvgIpc) is 2.43. The third-order valence-corrected chi connectivity index (χ3v) is 4.09. The molecule has 1 N–H and O–H groups in total. The van der Waals surface area contributed by atoms with Crippen LogP contribution in [-0.2, 0) is 24.3 Å². The molecule has 118 valence electrons. The highest BCUT2D eigenvalue weighted by Crippen LogP contribution is 2.15. The first-order valence-corrected chi connectivity index (χ1v) is 8.24. The summed E-state index contributed by atoms with van der Waals surface area (Å²) >= 11 is 5.73. The minimum Gasteiger partial charge on any atom is -0.379 e. The van der Waals surface area contributed by atoms with E-state index in [-0.39, 0.29) is 16.5 Å². The topological polar surface area (TPSA) is 81.7 Å². The van der Waals surface area contributed by atoms with E-state index >= 15 is 0 Å². The first kappa shape index (κ1) is 17.9. The summed E-state index contributed by atoms with van der Waals surface area (Å²) in [5.74, 6) is -0.744. The maximum atomic E-state index is 12.0. The fourth-order valence-corrected chi connectivity index (χ4v) is 2.76. The van der Waals surface area contributed by atoms with Crippen molar-refractivity contribution in [3.8, 4) is 0 Å². The maximum absolute atomic E-state index is 12.0. The predicted molar refractivity (Wildman–Crippen MR) is 78.7 cm³/mol. The molecular formula is C13H18ClNO5S. The van der Waals surface area contributed by atoms with Crippen molar-refractivity contribution in [2.24, 2.45) is 0 Å². The number of carbonyl (C=O) groups excluding carboxylic acids is 1. The Morgan fingerprint density at radius 2 is 2.10 bits per heavy atom. The number of nitrogens with one attached hydrogen (secondary N) is 1. The van der Waals surface area contributed by atoms with Crippen LogP contribution in [0, 0.1) is 0 Å². The smallest absolute Gasteiger partial charge is 0.264 e. The minimum atomic E-state index is -3.96. The number of sulfonamides is 1. The fraction of sp³-hybridized carbons (Fsp3) is 0.462. The molecule has 0 spiro atoms. The molecular weight excluding hydrogens is 318 g/mol. The van der Waals surface area contributed by atoms with E-state index in [2.05, 4.69) is 0 Å². The Morgan fingerprint density at radius 3 is 2.71 bits per heavy atom. The molecule has 1 rings (SSSR count). The Balaban J connectivity index is 2.60. The molecule has 1 unspecified atom stereocenters. The molecule has 0 aliphatic heterocycles. The molecule has 8 heteroatoms. The summed E-state index contributed by atoms with van der Waals surface area (Å²) in [6.45, 7) is 4.41. The van der Waals surface area contributed by atoms with E-state index < -0.39 is 22.0 Å². The van der Waals surface area contributed by atoms with Crippen molar-refractivity contribution in [1.29, 1.82) is 0 Å². The lowest BCUT2D eigenvalue weighted by Gasteiger charge is -2.13. The summed E-state index contributed by atoms with van der Waals surface area (Å²) in [6, 6.07) is 5.64. The van der Waals surface area contributed by atoms with Gasteiger partial charge in [0.25, 0.3) is 15.9 Å². The van der Waals surface area contributed by atoms with Crippen LogP contribution < -0.4 is 4.72 Å². The average molecular weight is 336 g/mol. The van der Waals surface area contributed by atoms with E-state index in [9.17, 15) is 13.2 Å². The molecule has 0 radical (unpaired) electrons. The second kappa shape index (κ2) is 8.33. The van der Waals surface area contributed by atoms with Crippen LogP contribution in [0.3, 0.4) is 0 Å². The quantitative estimate of drug-likeness (QED) is 0.729. The molecule has 1 aromatic rings. The molecule has 0 saturated heterocycles. The minimum absolute atomic E-state index is 0.0788. The lowest BCUT2D eigenvalue weighted by atomic mass is 10.4. The first-order chi connectivity index (χ1) is 9.86. The van der Waals surface area contributed by atoms with E-state index in [4.69, 9.17) is 21.1 Å². The first-order valence-electron chi connectivity index (χ1n) is 6.38.